The van der Waals surface area contributed by atoms with Crippen molar-refractivity contribution in [2.24, 2.45) is 0 Å². The van der Waals surface area contributed by atoms with Crippen LogP contribution in [0.1, 0.15) is 17.3 Å². The molecule has 1 heterocycles. The van der Waals surface area contributed by atoms with E-state index in [4.69, 9.17) is 29.6 Å². The van der Waals surface area contributed by atoms with E-state index >= 15 is 0 Å². The molecule has 0 saturated carbocycles. The maximum Gasteiger partial charge on any atom is 0.256 e. The molecule has 0 atom stereocenters. The van der Waals surface area contributed by atoms with Crippen LogP contribution >= 0.6 is 23.2 Å². The molecule has 0 N–H and O–H groups in total. The average Bonchev–Trinajstić information content (AvgIpc) is 2.28. The molecule has 84 valence electrons. The minimum atomic E-state index is -0.241. The fourth-order valence-electron chi connectivity index (χ4n) is 1.18. The zero-order valence-corrected chi connectivity index (χ0v) is 10.2. The molecule has 1 aromatic heterocycles. The number of hydrogen-bond acceptors (Lipinski definition) is 2. The fraction of sp³-hybridized carbons (Fsp3) is 0.273. The lowest BCUT2D eigenvalue weighted by molar-refractivity contribution is 0.0785. The van der Waals surface area contributed by atoms with E-state index in [0.717, 1.165) is 0 Å². The molecule has 16 heavy (non-hydrogen) atoms. The summed E-state index contributed by atoms with van der Waals surface area (Å²) < 4.78 is 0. The second-order valence-electron chi connectivity index (χ2n) is 3.01. The maximum absolute atomic E-state index is 12.0. The Labute approximate surface area is 104 Å². The van der Waals surface area contributed by atoms with Crippen LogP contribution in [-0.4, -0.2) is 28.9 Å². The molecule has 1 rings (SSSR count). The Bertz CT molecular complexity index is 440. The summed E-state index contributed by atoms with van der Waals surface area (Å²) in [5.74, 6) is 2.18. The first kappa shape index (κ1) is 12.8. The van der Waals surface area contributed by atoms with Crippen molar-refractivity contribution in [2.45, 2.75) is 6.92 Å². The molecule has 0 radical (unpaired) electrons. The molecule has 0 unspecified atom stereocenters. The van der Waals surface area contributed by atoms with Gasteiger partial charge in [0.05, 0.1) is 17.1 Å². The molecule has 0 aliphatic carbocycles. The minimum Gasteiger partial charge on any atom is -0.328 e. The molecular formula is C11H10Cl2N2O. The van der Waals surface area contributed by atoms with Crippen LogP contribution in [0.15, 0.2) is 12.3 Å². The second-order valence-corrected chi connectivity index (χ2v) is 3.80. The zero-order valence-electron chi connectivity index (χ0n) is 8.70. The van der Waals surface area contributed by atoms with E-state index in [-0.39, 0.29) is 22.6 Å². The second kappa shape index (κ2) is 5.74. The van der Waals surface area contributed by atoms with Crippen LogP contribution in [0.4, 0.5) is 0 Å². The third-order valence-corrected chi connectivity index (χ3v) is 2.51. The first-order valence-corrected chi connectivity index (χ1v) is 5.39. The van der Waals surface area contributed by atoms with E-state index in [0.29, 0.717) is 12.1 Å². The topological polar surface area (TPSA) is 33.2 Å². The van der Waals surface area contributed by atoms with Crippen molar-refractivity contribution in [3.05, 3.63) is 28.0 Å². The molecule has 0 spiro atoms. The normalized spacial score (nSPS) is 9.62. The molecule has 1 aromatic rings. The van der Waals surface area contributed by atoms with Gasteiger partial charge in [-0.2, -0.15) is 0 Å². The first-order chi connectivity index (χ1) is 7.60. The van der Waals surface area contributed by atoms with E-state index in [1.54, 1.807) is 0 Å². The molecule has 0 aromatic carbocycles. The smallest absolute Gasteiger partial charge is 0.256 e. The van der Waals surface area contributed by atoms with Crippen molar-refractivity contribution < 1.29 is 4.79 Å². The zero-order chi connectivity index (χ0) is 12.1. The Balaban J connectivity index is 3.03. The number of carbonyl (C=O) groups excluding carboxylic acids is 1. The van der Waals surface area contributed by atoms with Crippen LogP contribution in [0.2, 0.25) is 10.2 Å². The Morgan fingerprint density at radius 1 is 1.62 bits per heavy atom. The summed E-state index contributed by atoms with van der Waals surface area (Å²) in [7, 11) is 0. The average molecular weight is 257 g/mol. The van der Waals surface area contributed by atoms with Gasteiger partial charge in [-0.1, -0.05) is 29.1 Å². The van der Waals surface area contributed by atoms with Crippen LogP contribution in [0, 0.1) is 12.3 Å². The van der Waals surface area contributed by atoms with Gasteiger partial charge in [0.2, 0.25) is 0 Å². The highest BCUT2D eigenvalue weighted by molar-refractivity contribution is 6.35. The third kappa shape index (κ3) is 2.88. The molecule has 5 heteroatoms. The fourth-order valence-corrected chi connectivity index (χ4v) is 1.53. The SMILES string of the molecule is C#CCN(CC)C(=O)c1cc(Cl)ncc1Cl. The van der Waals surface area contributed by atoms with Crippen LogP contribution in [0.3, 0.4) is 0 Å². The number of terminal acetylenes is 1. The molecule has 0 aliphatic rings. The van der Waals surface area contributed by atoms with Crippen molar-refractivity contribution >= 4 is 29.1 Å². The van der Waals surface area contributed by atoms with Gasteiger partial charge in [0.1, 0.15) is 5.15 Å². The Morgan fingerprint density at radius 3 is 2.88 bits per heavy atom. The monoisotopic (exact) mass is 256 g/mol. The number of pyridine rings is 1. The van der Waals surface area contributed by atoms with Crippen molar-refractivity contribution in [3.63, 3.8) is 0 Å². The molecule has 0 fully saturated rings. The number of nitrogens with zero attached hydrogens (tertiary/aromatic N) is 2. The van der Waals surface area contributed by atoms with Gasteiger partial charge >= 0.3 is 0 Å². The lowest BCUT2D eigenvalue weighted by atomic mass is 10.2. The van der Waals surface area contributed by atoms with Crippen LogP contribution < -0.4 is 0 Å². The highest BCUT2D eigenvalue weighted by atomic mass is 35.5. The van der Waals surface area contributed by atoms with Crippen LogP contribution in [0.25, 0.3) is 0 Å². The van der Waals surface area contributed by atoms with Gasteiger partial charge in [-0.25, -0.2) is 4.98 Å². The predicted molar refractivity (Wildman–Crippen MR) is 64.7 cm³/mol. The van der Waals surface area contributed by atoms with Crippen molar-refractivity contribution in [1.29, 1.82) is 0 Å². The molecule has 0 bridgehead atoms. The van der Waals surface area contributed by atoms with Gasteiger partial charge in [-0.3, -0.25) is 4.79 Å². The van der Waals surface area contributed by atoms with E-state index in [1.165, 1.54) is 17.2 Å². The Kier molecular flexibility index (Phi) is 4.60. The van der Waals surface area contributed by atoms with Gasteiger partial charge in [-0.15, -0.1) is 6.42 Å². The number of rotatable bonds is 3. The molecule has 0 saturated heterocycles. The lowest BCUT2D eigenvalue weighted by Gasteiger charge is -2.18. The minimum absolute atomic E-state index is 0.226. The highest BCUT2D eigenvalue weighted by Crippen LogP contribution is 2.19. The summed E-state index contributed by atoms with van der Waals surface area (Å²) >= 11 is 11.6. The highest BCUT2D eigenvalue weighted by Gasteiger charge is 2.17. The molecule has 1 amide bonds. The number of hydrogen-bond donors (Lipinski definition) is 0. The Morgan fingerprint density at radius 2 is 2.31 bits per heavy atom. The number of aromatic nitrogens is 1. The number of halogens is 2. The van der Waals surface area contributed by atoms with Crippen LogP contribution in [-0.2, 0) is 0 Å². The van der Waals surface area contributed by atoms with Gasteiger partial charge in [-0.05, 0) is 13.0 Å². The molecular weight excluding hydrogens is 247 g/mol. The van der Waals surface area contributed by atoms with Crippen molar-refractivity contribution in [3.8, 4) is 12.3 Å². The quantitative estimate of drug-likeness (QED) is 0.615. The summed E-state index contributed by atoms with van der Waals surface area (Å²) in [4.78, 5) is 17.3. The van der Waals surface area contributed by atoms with Gasteiger partial charge < -0.3 is 4.90 Å². The van der Waals surface area contributed by atoms with Gasteiger partial charge in [0, 0.05) is 12.7 Å². The van der Waals surface area contributed by atoms with E-state index in [2.05, 4.69) is 10.9 Å². The molecule has 3 nitrogen and oxygen atoms in total. The number of carbonyl (C=O) groups is 1. The Hall–Kier alpha value is -1.24. The van der Waals surface area contributed by atoms with Crippen molar-refractivity contribution in [1.82, 2.24) is 9.88 Å². The summed E-state index contributed by atoms with van der Waals surface area (Å²) in [6.45, 7) is 2.59. The lowest BCUT2D eigenvalue weighted by Crippen LogP contribution is -2.31. The summed E-state index contributed by atoms with van der Waals surface area (Å²) in [5.41, 5.74) is 0.318. The number of amides is 1. The summed E-state index contributed by atoms with van der Waals surface area (Å²) in [6, 6.07) is 1.44. The van der Waals surface area contributed by atoms with E-state index in [9.17, 15) is 4.79 Å². The summed E-state index contributed by atoms with van der Waals surface area (Å²) in [6.07, 6.45) is 6.52. The standard InChI is InChI=1S/C11H10Cl2N2O/c1-3-5-15(4-2)11(16)8-6-10(13)14-7-9(8)12/h1,6-7H,4-5H2,2H3. The van der Waals surface area contributed by atoms with Crippen LogP contribution in [0.5, 0.6) is 0 Å². The third-order valence-electron chi connectivity index (χ3n) is 2.00. The maximum atomic E-state index is 12.0. The summed E-state index contributed by atoms with van der Waals surface area (Å²) in [5, 5.41) is 0.495. The van der Waals surface area contributed by atoms with Gasteiger partial charge in [0.25, 0.3) is 5.91 Å². The molecule has 0 aliphatic heterocycles. The van der Waals surface area contributed by atoms with Gasteiger partial charge in [0.15, 0.2) is 0 Å². The van der Waals surface area contributed by atoms with E-state index < -0.39 is 0 Å². The predicted octanol–water partition coefficient (Wildman–Crippen LogP) is 2.48. The van der Waals surface area contributed by atoms with E-state index in [1.807, 2.05) is 6.92 Å². The first-order valence-electron chi connectivity index (χ1n) is 4.64. The largest absolute Gasteiger partial charge is 0.328 e. The van der Waals surface area contributed by atoms with Crippen molar-refractivity contribution in [2.75, 3.05) is 13.1 Å².